The lowest BCUT2D eigenvalue weighted by molar-refractivity contribution is -0.138. The van der Waals surface area contributed by atoms with E-state index in [1.54, 1.807) is 0 Å². The normalized spacial score (nSPS) is 16.9. The maximum Gasteiger partial charge on any atom is 0.326 e. The minimum atomic E-state index is -0.900. The third-order valence-electron chi connectivity index (χ3n) is 2.60. The number of carboxylic acid groups (broad SMARTS) is 1. The molecule has 1 saturated carbocycles. The van der Waals surface area contributed by atoms with E-state index in [1.165, 1.54) is 12.1 Å². The number of carbonyl (C=O) groups is 1. The topological polar surface area (TPSA) is 49.3 Å². The predicted octanol–water partition coefficient (Wildman–Crippen LogP) is 2.75. The standard InChI is InChI=1S/C11H11ClFNO2/c12-8-5-7(13)3-4-9(8)14-10(11(15)16)6-1-2-6/h3-6,10,14H,1-2H2,(H,15,16). The predicted molar refractivity (Wildman–Crippen MR) is 59.2 cm³/mol. The molecule has 0 bridgehead atoms. The van der Waals surface area contributed by atoms with Crippen molar-refractivity contribution in [3.63, 3.8) is 0 Å². The number of hydrogen-bond acceptors (Lipinski definition) is 2. The molecular formula is C11H11ClFNO2. The van der Waals surface area contributed by atoms with Crippen molar-refractivity contribution in [1.29, 1.82) is 0 Å². The second-order valence-electron chi connectivity index (χ2n) is 3.92. The van der Waals surface area contributed by atoms with E-state index in [-0.39, 0.29) is 10.9 Å². The zero-order valence-electron chi connectivity index (χ0n) is 8.41. The average Bonchev–Trinajstić information content (AvgIpc) is 2.99. The Morgan fingerprint density at radius 1 is 1.56 bits per heavy atom. The number of halogens is 2. The van der Waals surface area contributed by atoms with Crippen LogP contribution in [0.4, 0.5) is 10.1 Å². The van der Waals surface area contributed by atoms with Crippen molar-refractivity contribution in [2.75, 3.05) is 5.32 Å². The molecule has 0 heterocycles. The molecule has 1 aliphatic rings. The third-order valence-corrected chi connectivity index (χ3v) is 2.91. The molecule has 1 aromatic carbocycles. The van der Waals surface area contributed by atoms with Gasteiger partial charge in [0.05, 0.1) is 10.7 Å². The van der Waals surface area contributed by atoms with Crippen LogP contribution in [0.15, 0.2) is 18.2 Å². The van der Waals surface area contributed by atoms with E-state index in [4.69, 9.17) is 16.7 Å². The molecule has 0 aliphatic heterocycles. The Morgan fingerprint density at radius 3 is 2.75 bits per heavy atom. The second kappa shape index (κ2) is 4.29. The Morgan fingerprint density at radius 2 is 2.25 bits per heavy atom. The molecular weight excluding hydrogens is 233 g/mol. The summed E-state index contributed by atoms with van der Waals surface area (Å²) < 4.78 is 12.8. The number of nitrogens with one attached hydrogen (secondary N) is 1. The molecule has 0 aromatic heterocycles. The van der Waals surface area contributed by atoms with Crippen LogP contribution in [-0.4, -0.2) is 17.1 Å². The maximum atomic E-state index is 12.8. The summed E-state index contributed by atoms with van der Waals surface area (Å²) in [5, 5.41) is 12.0. The third kappa shape index (κ3) is 2.44. The minimum absolute atomic E-state index is 0.151. The number of aliphatic carboxylic acids is 1. The molecule has 3 nitrogen and oxygen atoms in total. The van der Waals surface area contributed by atoms with Crippen LogP contribution in [0, 0.1) is 11.7 Å². The van der Waals surface area contributed by atoms with Crippen LogP contribution in [0.2, 0.25) is 5.02 Å². The van der Waals surface area contributed by atoms with E-state index < -0.39 is 17.8 Å². The van der Waals surface area contributed by atoms with Gasteiger partial charge in [0.25, 0.3) is 0 Å². The van der Waals surface area contributed by atoms with Gasteiger partial charge in [-0.1, -0.05) is 11.6 Å². The van der Waals surface area contributed by atoms with Crippen LogP contribution in [-0.2, 0) is 4.79 Å². The maximum absolute atomic E-state index is 12.8. The van der Waals surface area contributed by atoms with Gasteiger partial charge in [-0.3, -0.25) is 0 Å². The van der Waals surface area contributed by atoms with Gasteiger partial charge in [-0.2, -0.15) is 0 Å². The first-order valence-electron chi connectivity index (χ1n) is 5.02. The summed E-state index contributed by atoms with van der Waals surface area (Å²) in [6.45, 7) is 0. The van der Waals surface area contributed by atoms with Gasteiger partial charge in [-0.05, 0) is 37.0 Å². The van der Waals surface area contributed by atoms with Gasteiger partial charge >= 0.3 is 5.97 Å². The summed E-state index contributed by atoms with van der Waals surface area (Å²) in [6.07, 6.45) is 1.81. The van der Waals surface area contributed by atoms with Gasteiger partial charge in [-0.15, -0.1) is 0 Å². The molecule has 0 spiro atoms. The summed E-state index contributed by atoms with van der Waals surface area (Å²) >= 11 is 5.81. The number of benzene rings is 1. The van der Waals surface area contributed by atoms with E-state index in [2.05, 4.69) is 5.32 Å². The van der Waals surface area contributed by atoms with Crippen LogP contribution in [0.25, 0.3) is 0 Å². The number of rotatable bonds is 4. The molecule has 0 saturated heterocycles. The summed E-state index contributed by atoms with van der Waals surface area (Å²) in [6, 6.07) is 3.23. The van der Waals surface area contributed by atoms with Crippen LogP contribution in [0.5, 0.6) is 0 Å². The Hall–Kier alpha value is -1.29. The van der Waals surface area contributed by atoms with Gasteiger partial charge in [0, 0.05) is 0 Å². The zero-order chi connectivity index (χ0) is 11.7. The van der Waals surface area contributed by atoms with Crippen molar-refractivity contribution >= 4 is 23.3 Å². The fourth-order valence-electron chi connectivity index (χ4n) is 1.58. The summed E-state index contributed by atoms with van der Waals surface area (Å²) in [5.41, 5.74) is 0.461. The summed E-state index contributed by atoms with van der Waals surface area (Å²) in [5.74, 6) is -1.18. The van der Waals surface area contributed by atoms with E-state index in [1.807, 2.05) is 0 Å². The van der Waals surface area contributed by atoms with Gasteiger partial charge < -0.3 is 10.4 Å². The summed E-state index contributed by atoms with van der Waals surface area (Å²) in [4.78, 5) is 11.0. The number of hydrogen-bond donors (Lipinski definition) is 2. The lowest BCUT2D eigenvalue weighted by Gasteiger charge is -2.15. The largest absolute Gasteiger partial charge is 0.480 e. The lowest BCUT2D eigenvalue weighted by Crippen LogP contribution is -2.31. The second-order valence-corrected chi connectivity index (χ2v) is 4.33. The van der Waals surface area contributed by atoms with Gasteiger partial charge in [-0.25, -0.2) is 9.18 Å². The number of carboxylic acids is 1. The quantitative estimate of drug-likeness (QED) is 0.855. The van der Waals surface area contributed by atoms with Gasteiger partial charge in [0.2, 0.25) is 0 Å². The van der Waals surface area contributed by atoms with Crippen molar-refractivity contribution in [3.8, 4) is 0 Å². The summed E-state index contributed by atoms with van der Waals surface area (Å²) in [7, 11) is 0. The molecule has 0 radical (unpaired) electrons. The molecule has 1 aromatic rings. The zero-order valence-corrected chi connectivity index (χ0v) is 9.17. The highest BCUT2D eigenvalue weighted by molar-refractivity contribution is 6.33. The first kappa shape index (κ1) is 11.2. The van der Waals surface area contributed by atoms with E-state index >= 15 is 0 Å². The van der Waals surface area contributed by atoms with Crippen LogP contribution in [0.1, 0.15) is 12.8 Å². The van der Waals surface area contributed by atoms with Crippen molar-refractivity contribution in [3.05, 3.63) is 29.0 Å². The molecule has 16 heavy (non-hydrogen) atoms. The Balaban J connectivity index is 2.15. The van der Waals surface area contributed by atoms with Crippen molar-refractivity contribution < 1.29 is 14.3 Å². The fraction of sp³-hybridized carbons (Fsp3) is 0.364. The molecule has 1 unspecified atom stereocenters. The molecule has 1 atom stereocenters. The van der Waals surface area contributed by atoms with E-state index in [0.717, 1.165) is 18.9 Å². The molecule has 1 fully saturated rings. The van der Waals surface area contributed by atoms with E-state index in [0.29, 0.717) is 5.69 Å². The van der Waals surface area contributed by atoms with E-state index in [9.17, 15) is 9.18 Å². The monoisotopic (exact) mass is 243 g/mol. The highest BCUT2D eigenvalue weighted by Gasteiger charge is 2.36. The first-order valence-corrected chi connectivity index (χ1v) is 5.40. The Bertz CT molecular complexity index is 420. The Kier molecular flexibility index (Phi) is 3.01. The van der Waals surface area contributed by atoms with Crippen molar-refractivity contribution in [2.45, 2.75) is 18.9 Å². The highest BCUT2D eigenvalue weighted by atomic mass is 35.5. The van der Waals surface area contributed by atoms with Crippen LogP contribution >= 0.6 is 11.6 Å². The molecule has 5 heteroatoms. The highest BCUT2D eigenvalue weighted by Crippen LogP contribution is 2.35. The first-order chi connectivity index (χ1) is 7.58. The molecule has 1 aliphatic carbocycles. The van der Waals surface area contributed by atoms with Crippen LogP contribution < -0.4 is 5.32 Å². The molecule has 2 rings (SSSR count). The Labute approximate surface area is 97.2 Å². The number of anilines is 1. The van der Waals surface area contributed by atoms with Crippen LogP contribution in [0.3, 0.4) is 0 Å². The van der Waals surface area contributed by atoms with Crippen molar-refractivity contribution in [1.82, 2.24) is 0 Å². The molecule has 0 amide bonds. The van der Waals surface area contributed by atoms with Gasteiger partial charge in [0.1, 0.15) is 11.9 Å². The average molecular weight is 244 g/mol. The fourth-order valence-corrected chi connectivity index (χ4v) is 1.81. The lowest BCUT2D eigenvalue weighted by atomic mass is 10.1. The minimum Gasteiger partial charge on any atom is -0.480 e. The molecule has 86 valence electrons. The smallest absolute Gasteiger partial charge is 0.326 e. The van der Waals surface area contributed by atoms with Gasteiger partial charge in [0.15, 0.2) is 0 Å². The SMILES string of the molecule is O=C(O)C(Nc1ccc(F)cc1Cl)C1CC1. The van der Waals surface area contributed by atoms with Crippen molar-refractivity contribution in [2.24, 2.45) is 5.92 Å². The molecule has 2 N–H and O–H groups in total.